The van der Waals surface area contributed by atoms with Crippen molar-refractivity contribution in [1.82, 2.24) is 5.32 Å². The van der Waals surface area contributed by atoms with Gasteiger partial charge in [0, 0.05) is 22.2 Å². The van der Waals surface area contributed by atoms with Crippen molar-refractivity contribution in [2.45, 2.75) is 0 Å². The summed E-state index contributed by atoms with van der Waals surface area (Å²) in [6.07, 6.45) is 1.33. The minimum absolute atomic E-state index is 0.0173. The molecule has 2 aromatic carbocycles. The number of thiocarbonyl (C=S) groups is 1. The van der Waals surface area contributed by atoms with E-state index in [4.69, 9.17) is 16.6 Å². The minimum Gasteiger partial charge on any atom is -0.457 e. The van der Waals surface area contributed by atoms with Crippen molar-refractivity contribution < 1.29 is 18.9 Å². The Kier molecular flexibility index (Phi) is 5.49. The van der Waals surface area contributed by atoms with Crippen LogP contribution in [0, 0.1) is 10.1 Å². The van der Waals surface area contributed by atoms with Gasteiger partial charge in [0.05, 0.1) is 10.6 Å². The molecule has 3 aromatic rings. The molecule has 1 aliphatic heterocycles. The lowest BCUT2D eigenvalue weighted by Crippen LogP contribution is -2.54. The third kappa shape index (κ3) is 4.16. The van der Waals surface area contributed by atoms with E-state index in [0.717, 1.165) is 4.47 Å². The highest BCUT2D eigenvalue weighted by atomic mass is 79.9. The zero-order valence-electron chi connectivity index (χ0n) is 15.6. The second-order valence-electron chi connectivity index (χ2n) is 6.44. The fourth-order valence-electron chi connectivity index (χ4n) is 2.98. The predicted octanol–water partition coefficient (Wildman–Crippen LogP) is 4.45. The quantitative estimate of drug-likeness (QED) is 0.187. The number of nitro benzene ring substituents is 1. The summed E-state index contributed by atoms with van der Waals surface area (Å²) in [5.41, 5.74) is 0.941. The molecular formula is C21H12BrN3O5S. The summed E-state index contributed by atoms with van der Waals surface area (Å²) in [5, 5.41) is 13.3. The highest BCUT2D eigenvalue weighted by molar-refractivity contribution is 9.10. The maximum Gasteiger partial charge on any atom is 0.270 e. The Hall–Kier alpha value is -3.63. The lowest BCUT2D eigenvalue weighted by Gasteiger charge is -2.28. The summed E-state index contributed by atoms with van der Waals surface area (Å²) >= 11 is 8.53. The molecule has 10 heteroatoms. The number of hydrogen-bond donors (Lipinski definition) is 1. The lowest BCUT2D eigenvalue weighted by atomic mass is 10.1. The van der Waals surface area contributed by atoms with E-state index >= 15 is 0 Å². The van der Waals surface area contributed by atoms with E-state index in [0.29, 0.717) is 17.0 Å². The standard InChI is InChI=1S/C21H12BrN3O5S/c22-13-2-1-3-15(10-13)24-20(27)17(19(26)23-21(24)31)11-16-8-9-18(30-16)12-4-6-14(7-5-12)25(28)29/h1-11H,(H,23,26,31)/b17-11+. The molecule has 1 saturated heterocycles. The molecular weight excluding hydrogens is 486 g/mol. The number of hydrogen-bond acceptors (Lipinski definition) is 6. The summed E-state index contributed by atoms with van der Waals surface area (Å²) in [6, 6.07) is 16.0. The second-order valence-corrected chi connectivity index (χ2v) is 7.75. The van der Waals surface area contributed by atoms with Crippen LogP contribution in [0.1, 0.15) is 5.76 Å². The average molecular weight is 498 g/mol. The molecule has 0 atom stereocenters. The molecule has 0 bridgehead atoms. The van der Waals surface area contributed by atoms with Gasteiger partial charge in [0.1, 0.15) is 17.1 Å². The number of non-ortho nitro benzene ring substituents is 1. The largest absolute Gasteiger partial charge is 0.457 e. The lowest BCUT2D eigenvalue weighted by molar-refractivity contribution is -0.384. The van der Waals surface area contributed by atoms with Gasteiger partial charge in [-0.2, -0.15) is 0 Å². The van der Waals surface area contributed by atoms with E-state index in [1.165, 1.54) is 23.1 Å². The first-order chi connectivity index (χ1) is 14.8. The fourth-order valence-corrected chi connectivity index (χ4v) is 3.65. The number of halogens is 1. The Morgan fingerprint density at radius 1 is 1.10 bits per heavy atom. The van der Waals surface area contributed by atoms with Gasteiger partial charge in [-0.25, -0.2) is 0 Å². The average Bonchev–Trinajstić information content (AvgIpc) is 3.20. The van der Waals surface area contributed by atoms with Crippen LogP contribution < -0.4 is 10.2 Å². The number of nitro groups is 1. The topological polar surface area (TPSA) is 106 Å². The van der Waals surface area contributed by atoms with Gasteiger partial charge in [-0.15, -0.1) is 0 Å². The van der Waals surface area contributed by atoms with Crippen LogP contribution in [-0.4, -0.2) is 21.9 Å². The molecule has 1 aromatic heterocycles. The van der Waals surface area contributed by atoms with Gasteiger partial charge in [-0.3, -0.25) is 29.9 Å². The third-order valence-electron chi connectivity index (χ3n) is 4.44. The Morgan fingerprint density at radius 3 is 2.52 bits per heavy atom. The molecule has 8 nitrogen and oxygen atoms in total. The Balaban J connectivity index is 1.64. The van der Waals surface area contributed by atoms with Crippen LogP contribution in [0.3, 0.4) is 0 Å². The molecule has 1 N–H and O–H groups in total. The molecule has 0 saturated carbocycles. The number of anilines is 1. The molecule has 2 amide bonds. The van der Waals surface area contributed by atoms with Crippen molar-refractivity contribution in [2.24, 2.45) is 0 Å². The van der Waals surface area contributed by atoms with Gasteiger partial charge >= 0.3 is 0 Å². The summed E-state index contributed by atoms with van der Waals surface area (Å²) < 4.78 is 6.47. The number of carbonyl (C=O) groups excluding carboxylic acids is 2. The van der Waals surface area contributed by atoms with Crippen molar-refractivity contribution in [2.75, 3.05) is 4.90 Å². The van der Waals surface area contributed by atoms with E-state index in [1.54, 1.807) is 48.5 Å². The highest BCUT2D eigenvalue weighted by Gasteiger charge is 2.34. The Bertz CT molecular complexity index is 1270. The summed E-state index contributed by atoms with van der Waals surface area (Å²) in [6.45, 7) is 0. The van der Waals surface area contributed by atoms with E-state index < -0.39 is 16.7 Å². The zero-order chi connectivity index (χ0) is 22.1. The second kappa shape index (κ2) is 8.25. The zero-order valence-corrected chi connectivity index (χ0v) is 18.0. The smallest absolute Gasteiger partial charge is 0.270 e. The van der Waals surface area contributed by atoms with Crippen molar-refractivity contribution in [3.8, 4) is 11.3 Å². The first-order valence-electron chi connectivity index (χ1n) is 8.85. The monoisotopic (exact) mass is 497 g/mol. The number of carbonyl (C=O) groups is 2. The van der Waals surface area contributed by atoms with Crippen molar-refractivity contribution in [3.63, 3.8) is 0 Å². The van der Waals surface area contributed by atoms with Gasteiger partial charge in [0.15, 0.2) is 5.11 Å². The summed E-state index contributed by atoms with van der Waals surface area (Å²) in [4.78, 5) is 37.0. The van der Waals surface area contributed by atoms with Gasteiger partial charge in [0.2, 0.25) is 0 Å². The van der Waals surface area contributed by atoms with E-state index in [2.05, 4.69) is 21.2 Å². The van der Waals surface area contributed by atoms with Gasteiger partial charge in [-0.1, -0.05) is 22.0 Å². The first-order valence-corrected chi connectivity index (χ1v) is 10.1. The predicted molar refractivity (Wildman–Crippen MR) is 121 cm³/mol. The molecule has 0 aliphatic carbocycles. The number of nitrogens with one attached hydrogen (secondary N) is 1. The summed E-state index contributed by atoms with van der Waals surface area (Å²) in [5.74, 6) is -0.506. The van der Waals surface area contributed by atoms with Crippen LogP contribution in [0.4, 0.5) is 11.4 Å². The molecule has 0 spiro atoms. The third-order valence-corrected chi connectivity index (χ3v) is 5.22. The maximum absolute atomic E-state index is 13.0. The van der Waals surface area contributed by atoms with Crippen LogP contribution in [0.25, 0.3) is 17.4 Å². The first kappa shape index (κ1) is 20.6. The Labute approximate surface area is 189 Å². The minimum atomic E-state index is -0.630. The Morgan fingerprint density at radius 2 is 1.84 bits per heavy atom. The highest BCUT2D eigenvalue weighted by Crippen LogP contribution is 2.28. The van der Waals surface area contributed by atoms with Crippen LogP contribution in [0.2, 0.25) is 0 Å². The molecule has 0 radical (unpaired) electrons. The molecule has 154 valence electrons. The molecule has 1 fully saturated rings. The molecule has 31 heavy (non-hydrogen) atoms. The number of rotatable bonds is 4. The molecule has 0 unspecified atom stereocenters. The van der Waals surface area contributed by atoms with E-state index in [1.807, 2.05) is 0 Å². The van der Waals surface area contributed by atoms with E-state index in [9.17, 15) is 19.7 Å². The number of furan rings is 1. The van der Waals surface area contributed by atoms with Crippen molar-refractivity contribution in [3.05, 3.63) is 86.6 Å². The number of nitrogens with zero attached hydrogens (tertiary/aromatic N) is 2. The van der Waals surface area contributed by atoms with Crippen LogP contribution in [0.5, 0.6) is 0 Å². The van der Waals surface area contributed by atoms with Gasteiger partial charge in [-0.05, 0) is 60.8 Å². The van der Waals surface area contributed by atoms with Crippen LogP contribution >= 0.6 is 28.1 Å². The number of benzene rings is 2. The van der Waals surface area contributed by atoms with Crippen LogP contribution in [-0.2, 0) is 9.59 Å². The normalized spacial score (nSPS) is 15.3. The molecule has 4 rings (SSSR count). The number of amides is 2. The summed E-state index contributed by atoms with van der Waals surface area (Å²) in [7, 11) is 0. The SMILES string of the molecule is O=C1NC(=S)N(c2cccc(Br)c2)C(=O)/C1=C/c1ccc(-c2ccc([N+](=O)[O-])cc2)o1. The fraction of sp³-hybridized carbons (Fsp3) is 0. The van der Waals surface area contributed by atoms with E-state index in [-0.39, 0.29) is 22.1 Å². The van der Waals surface area contributed by atoms with Gasteiger partial charge in [0.25, 0.3) is 17.5 Å². The van der Waals surface area contributed by atoms with Crippen molar-refractivity contribution >= 4 is 62.5 Å². The van der Waals surface area contributed by atoms with Crippen LogP contribution in [0.15, 0.2) is 75.1 Å². The maximum atomic E-state index is 13.0. The molecule has 2 heterocycles. The van der Waals surface area contributed by atoms with Crippen molar-refractivity contribution in [1.29, 1.82) is 0 Å². The molecule has 1 aliphatic rings. The van der Waals surface area contributed by atoms with Gasteiger partial charge < -0.3 is 4.42 Å².